The second-order valence-electron chi connectivity index (χ2n) is 5.83. The van der Waals surface area contributed by atoms with E-state index in [1.54, 1.807) is 11.7 Å². The lowest BCUT2D eigenvalue weighted by atomic mass is 10.2. The number of nitrogens with zero attached hydrogens (tertiary/aromatic N) is 3. The highest BCUT2D eigenvalue weighted by Gasteiger charge is 2.14. The van der Waals surface area contributed by atoms with Crippen LogP contribution >= 0.6 is 0 Å². The Morgan fingerprint density at radius 2 is 2.04 bits per heavy atom. The number of nitrogens with one attached hydrogen (secondary N) is 1. The predicted molar refractivity (Wildman–Crippen MR) is 95.0 cm³/mol. The fourth-order valence-corrected chi connectivity index (χ4v) is 2.46. The van der Waals surface area contributed by atoms with Gasteiger partial charge in [0.25, 0.3) is 5.91 Å². The van der Waals surface area contributed by atoms with Crippen molar-refractivity contribution in [2.45, 2.75) is 6.42 Å². The smallest absolute Gasteiger partial charge is 0.287 e. The van der Waals surface area contributed by atoms with Gasteiger partial charge in [0, 0.05) is 52.2 Å². The summed E-state index contributed by atoms with van der Waals surface area (Å²) in [5, 5.41) is 2.93. The maximum Gasteiger partial charge on any atom is 0.287 e. The van der Waals surface area contributed by atoms with Gasteiger partial charge in [-0.15, -0.1) is 0 Å². The van der Waals surface area contributed by atoms with E-state index in [1.807, 2.05) is 50.6 Å². The molecular weight excluding hydrogens is 304 g/mol. The molecule has 6 heteroatoms. The van der Waals surface area contributed by atoms with Crippen molar-refractivity contribution in [1.29, 1.82) is 0 Å². The van der Waals surface area contributed by atoms with Crippen LogP contribution in [0.1, 0.15) is 17.0 Å². The molecule has 0 aliphatic carbocycles. The van der Waals surface area contributed by atoms with Crippen molar-refractivity contribution in [3.63, 3.8) is 0 Å². The summed E-state index contributed by atoms with van der Waals surface area (Å²) in [6, 6.07) is 9.85. The van der Waals surface area contributed by atoms with Gasteiger partial charge in [-0.3, -0.25) is 4.79 Å². The van der Waals surface area contributed by atoms with Gasteiger partial charge < -0.3 is 19.5 Å². The van der Waals surface area contributed by atoms with Crippen LogP contribution < -0.4 is 5.32 Å². The highest BCUT2D eigenvalue weighted by atomic mass is 16.5. The van der Waals surface area contributed by atoms with E-state index in [4.69, 9.17) is 4.74 Å². The predicted octanol–water partition coefficient (Wildman–Crippen LogP) is 1.79. The molecule has 130 valence electrons. The molecule has 1 amide bonds. The van der Waals surface area contributed by atoms with E-state index >= 15 is 0 Å². The molecule has 0 spiro atoms. The Bertz CT molecular complexity index is 640. The largest absolute Gasteiger partial charge is 0.385 e. The molecule has 2 rings (SSSR count). The first kappa shape index (κ1) is 18.2. The van der Waals surface area contributed by atoms with Crippen LogP contribution in [0, 0.1) is 0 Å². The Morgan fingerprint density at radius 3 is 2.75 bits per heavy atom. The molecule has 0 unspecified atom stereocenters. The van der Waals surface area contributed by atoms with E-state index in [2.05, 4.69) is 15.2 Å². The standard InChI is InChI=1S/C18H26N4O2/c1-21(11-7-13-24-3)12-10-19-18(23)17-20-16(14-22(17)2)15-8-5-4-6-9-15/h4-6,8-9,14H,7,10-13H2,1-3H3,(H,19,23). The van der Waals surface area contributed by atoms with Crippen molar-refractivity contribution < 1.29 is 9.53 Å². The molecular formula is C18H26N4O2. The minimum Gasteiger partial charge on any atom is -0.385 e. The van der Waals surface area contributed by atoms with Crippen LogP contribution in [-0.2, 0) is 11.8 Å². The lowest BCUT2D eigenvalue weighted by Gasteiger charge is -2.16. The minimum absolute atomic E-state index is 0.148. The van der Waals surface area contributed by atoms with Gasteiger partial charge in [0.2, 0.25) is 0 Å². The molecule has 1 N–H and O–H groups in total. The molecule has 0 fully saturated rings. The zero-order valence-electron chi connectivity index (χ0n) is 14.7. The van der Waals surface area contributed by atoms with Crippen LogP contribution in [0.3, 0.4) is 0 Å². The number of imidazole rings is 1. The molecule has 1 aromatic heterocycles. The number of carbonyl (C=O) groups is 1. The van der Waals surface area contributed by atoms with Crippen LogP contribution in [0.2, 0.25) is 0 Å². The molecule has 1 aromatic carbocycles. The Hall–Kier alpha value is -2.18. The summed E-state index contributed by atoms with van der Waals surface area (Å²) in [6.45, 7) is 3.10. The Morgan fingerprint density at radius 1 is 1.29 bits per heavy atom. The van der Waals surface area contributed by atoms with Crippen molar-refractivity contribution in [3.05, 3.63) is 42.4 Å². The summed E-state index contributed by atoms with van der Waals surface area (Å²) in [5.74, 6) is 0.279. The van der Waals surface area contributed by atoms with Crippen LogP contribution in [-0.4, -0.2) is 60.8 Å². The number of carbonyl (C=O) groups excluding carboxylic acids is 1. The summed E-state index contributed by atoms with van der Waals surface area (Å²) >= 11 is 0. The second-order valence-corrected chi connectivity index (χ2v) is 5.83. The van der Waals surface area contributed by atoms with Gasteiger partial charge in [0.15, 0.2) is 5.82 Å². The van der Waals surface area contributed by atoms with Crippen molar-refractivity contribution in [3.8, 4) is 11.3 Å². The van der Waals surface area contributed by atoms with E-state index in [9.17, 15) is 4.79 Å². The van der Waals surface area contributed by atoms with Gasteiger partial charge in [-0.25, -0.2) is 4.98 Å². The molecule has 0 bridgehead atoms. The highest BCUT2D eigenvalue weighted by Crippen LogP contribution is 2.17. The number of benzene rings is 1. The molecule has 24 heavy (non-hydrogen) atoms. The van der Waals surface area contributed by atoms with Crippen LogP contribution in [0.5, 0.6) is 0 Å². The molecule has 0 saturated heterocycles. The second kappa shape index (κ2) is 9.20. The van der Waals surface area contributed by atoms with Crippen molar-refractivity contribution >= 4 is 5.91 Å². The number of likely N-dealkylation sites (N-methyl/N-ethyl adjacent to an activating group) is 1. The molecule has 0 saturated carbocycles. The van der Waals surface area contributed by atoms with E-state index < -0.39 is 0 Å². The quantitative estimate of drug-likeness (QED) is 0.712. The van der Waals surface area contributed by atoms with E-state index in [0.29, 0.717) is 12.4 Å². The fraction of sp³-hybridized carbons (Fsp3) is 0.444. The lowest BCUT2D eigenvalue weighted by molar-refractivity contribution is 0.0935. The number of aromatic nitrogens is 2. The third-order valence-electron chi connectivity index (χ3n) is 3.82. The first-order chi connectivity index (χ1) is 11.6. The normalized spacial score (nSPS) is 11.0. The van der Waals surface area contributed by atoms with Gasteiger partial charge in [0.05, 0.1) is 5.69 Å². The van der Waals surface area contributed by atoms with Crippen molar-refractivity contribution in [2.24, 2.45) is 7.05 Å². The van der Waals surface area contributed by atoms with Gasteiger partial charge in [-0.05, 0) is 13.5 Å². The summed E-state index contributed by atoms with van der Waals surface area (Å²) in [6.07, 6.45) is 2.86. The van der Waals surface area contributed by atoms with Crippen molar-refractivity contribution in [1.82, 2.24) is 19.8 Å². The Balaban J connectivity index is 1.86. The van der Waals surface area contributed by atoms with Crippen molar-refractivity contribution in [2.75, 3.05) is 40.4 Å². The van der Waals surface area contributed by atoms with E-state index in [-0.39, 0.29) is 5.91 Å². The zero-order chi connectivity index (χ0) is 17.4. The summed E-state index contributed by atoms with van der Waals surface area (Å²) in [5.41, 5.74) is 1.81. The minimum atomic E-state index is -0.148. The number of rotatable bonds is 9. The van der Waals surface area contributed by atoms with E-state index in [0.717, 1.165) is 37.4 Å². The highest BCUT2D eigenvalue weighted by molar-refractivity contribution is 5.91. The number of ether oxygens (including phenoxy) is 1. The number of hydrogen-bond donors (Lipinski definition) is 1. The zero-order valence-corrected chi connectivity index (χ0v) is 14.7. The van der Waals surface area contributed by atoms with Gasteiger partial charge in [0.1, 0.15) is 0 Å². The topological polar surface area (TPSA) is 59.4 Å². The average Bonchev–Trinajstić information content (AvgIpc) is 2.98. The third-order valence-corrected chi connectivity index (χ3v) is 3.82. The maximum atomic E-state index is 12.3. The monoisotopic (exact) mass is 330 g/mol. The van der Waals surface area contributed by atoms with Gasteiger partial charge >= 0.3 is 0 Å². The van der Waals surface area contributed by atoms with E-state index in [1.165, 1.54) is 0 Å². The number of hydrogen-bond acceptors (Lipinski definition) is 4. The molecule has 0 radical (unpaired) electrons. The third kappa shape index (κ3) is 5.18. The van der Waals surface area contributed by atoms with Crippen LogP contribution in [0.4, 0.5) is 0 Å². The number of aryl methyl sites for hydroxylation is 1. The van der Waals surface area contributed by atoms with Crippen LogP contribution in [0.25, 0.3) is 11.3 Å². The van der Waals surface area contributed by atoms with Gasteiger partial charge in [-0.2, -0.15) is 0 Å². The first-order valence-corrected chi connectivity index (χ1v) is 8.16. The Labute approximate surface area is 143 Å². The molecule has 2 aromatic rings. The number of methoxy groups -OCH3 is 1. The summed E-state index contributed by atoms with van der Waals surface area (Å²) < 4.78 is 6.80. The molecule has 0 atom stereocenters. The van der Waals surface area contributed by atoms with Crippen LogP contribution in [0.15, 0.2) is 36.5 Å². The first-order valence-electron chi connectivity index (χ1n) is 8.16. The lowest BCUT2D eigenvalue weighted by Crippen LogP contribution is -2.34. The molecule has 6 nitrogen and oxygen atoms in total. The number of amides is 1. The fourth-order valence-electron chi connectivity index (χ4n) is 2.46. The SMILES string of the molecule is COCCCN(C)CCNC(=O)c1nc(-c2ccccc2)cn1C. The molecule has 0 aliphatic rings. The summed E-state index contributed by atoms with van der Waals surface area (Å²) in [4.78, 5) is 19.0. The summed E-state index contributed by atoms with van der Waals surface area (Å²) in [7, 11) is 5.58. The maximum absolute atomic E-state index is 12.3. The van der Waals surface area contributed by atoms with Gasteiger partial charge in [-0.1, -0.05) is 30.3 Å². The Kier molecular flexibility index (Phi) is 6.96. The molecule has 1 heterocycles. The average molecular weight is 330 g/mol. The molecule has 0 aliphatic heterocycles.